The Hall–Kier alpha value is -2.35. The van der Waals surface area contributed by atoms with E-state index >= 15 is 0 Å². The summed E-state index contributed by atoms with van der Waals surface area (Å²) in [7, 11) is 1.48. The number of halogens is 2. The van der Waals surface area contributed by atoms with Gasteiger partial charge in [0.05, 0.1) is 12.7 Å². The van der Waals surface area contributed by atoms with Gasteiger partial charge in [0.25, 0.3) is 5.91 Å². The topological polar surface area (TPSA) is 73.3 Å². The number of hydrogen-bond acceptors (Lipinski definition) is 6. The number of ether oxygens (including phenoxy) is 2. The van der Waals surface area contributed by atoms with Crippen molar-refractivity contribution in [1.82, 2.24) is 10.2 Å². The normalized spacial score (nSPS) is 10.4. The van der Waals surface area contributed by atoms with Crippen LogP contribution in [0.4, 0.5) is 5.13 Å². The molecule has 0 atom stereocenters. The van der Waals surface area contributed by atoms with Crippen LogP contribution in [0.5, 0.6) is 11.5 Å². The molecule has 0 aliphatic heterocycles. The number of rotatable bonds is 6. The van der Waals surface area contributed by atoms with Gasteiger partial charge in [0.2, 0.25) is 5.13 Å². The number of benzene rings is 2. The van der Waals surface area contributed by atoms with Crippen molar-refractivity contribution >= 4 is 45.6 Å². The molecule has 1 aromatic heterocycles. The lowest BCUT2D eigenvalue weighted by molar-refractivity contribution is 0.102. The van der Waals surface area contributed by atoms with Gasteiger partial charge in [-0.25, -0.2) is 0 Å². The highest BCUT2D eigenvalue weighted by Gasteiger charge is 2.15. The number of amides is 1. The second-order valence-corrected chi connectivity index (χ2v) is 6.98. The lowest BCUT2D eigenvalue weighted by Crippen LogP contribution is -2.13. The van der Waals surface area contributed by atoms with E-state index in [0.717, 1.165) is 0 Å². The standard InChI is InChI=1S/C17H13Cl2N3O3S/c1-24-14-7-4-11(19)8-13(14)16(23)20-17-22-21-15(26-17)9-25-12-5-2-10(18)3-6-12/h2-8H,9H2,1H3,(H,20,22,23). The number of carbonyl (C=O) groups excluding carboxylic acids is 1. The van der Waals surface area contributed by atoms with Crippen LogP contribution < -0.4 is 14.8 Å². The summed E-state index contributed by atoms with van der Waals surface area (Å²) in [5, 5.41) is 12.7. The number of anilines is 1. The first-order valence-corrected chi connectivity index (χ1v) is 8.98. The Morgan fingerprint density at radius 2 is 1.85 bits per heavy atom. The first-order valence-electron chi connectivity index (χ1n) is 7.41. The largest absolute Gasteiger partial charge is 0.496 e. The number of nitrogens with zero attached hydrogens (tertiary/aromatic N) is 2. The van der Waals surface area contributed by atoms with Crippen molar-refractivity contribution in [2.24, 2.45) is 0 Å². The molecule has 2 aromatic carbocycles. The third kappa shape index (κ3) is 4.63. The number of aromatic nitrogens is 2. The first-order chi connectivity index (χ1) is 12.5. The highest BCUT2D eigenvalue weighted by Crippen LogP contribution is 2.25. The van der Waals surface area contributed by atoms with Crippen LogP contribution in [0.1, 0.15) is 15.4 Å². The van der Waals surface area contributed by atoms with E-state index in [4.69, 9.17) is 32.7 Å². The van der Waals surface area contributed by atoms with Gasteiger partial charge in [-0.15, -0.1) is 10.2 Å². The predicted molar refractivity (Wildman–Crippen MR) is 102 cm³/mol. The summed E-state index contributed by atoms with van der Waals surface area (Å²) in [6, 6.07) is 11.8. The molecule has 0 aliphatic rings. The Bertz CT molecular complexity index is 916. The van der Waals surface area contributed by atoms with Crippen LogP contribution in [-0.4, -0.2) is 23.2 Å². The molecular formula is C17H13Cl2N3O3S. The summed E-state index contributed by atoms with van der Waals surface area (Å²) in [6.07, 6.45) is 0. The van der Waals surface area contributed by atoms with Crippen molar-refractivity contribution in [2.45, 2.75) is 6.61 Å². The Balaban J connectivity index is 1.64. The Morgan fingerprint density at radius 3 is 2.58 bits per heavy atom. The molecule has 0 unspecified atom stereocenters. The molecule has 0 spiro atoms. The highest BCUT2D eigenvalue weighted by atomic mass is 35.5. The minimum atomic E-state index is -0.384. The molecule has 1 N–H and O–H groups in total. The van der Waals surface area contributed by atoms with E-state index in [1.165, 1.54) is 24.5 Å². The van der Waals surface area contributed by atoms with Crippen LogP contribution in [0.25, 0.3) is 0 Å². The fourth-order valence-electron chi connectivity index (χ4n) is 2.06. The van der Waals surface area contributed by atoms with E-state index in [2.05, 4.69) is 15.5 Å². The van der Waals surface area contributed by atoms with Crippen molar-refractivity contribution < 1.29 is 14.3 Å². The van der Waals surface area contributed by atoms with E-state index in [-0.39, 0.29) is 12.5 Å². The van der Waals surface area contributed by atoms with Gasteiger partial charge in [0, 0.05) is 10.0 Å². The van der Waals surface area contributed by atoms with E-state index in [0.29, 0.717) is 37.2 Å². The average molecular weight is 410 g/mol. The average Bonchev–Trinajstić information content (AvgIpc) is 3.08. The lowest BCUT2D eigenvalue weighted by atomic mass is 10.2. The molecule has 0 saturated heterocycles. The van der Waals surface area contributed by atoms with Gasteiger partial charge in [0.1, 0.15) is 18.1 Å². The van der Waals surface area contributed by atoms with Crippen molar-refractivity contribution in [3.05, 3.63) is 63.1 Å². The number of methoxy groups -OCH3 is 1. The molecule has 3 aromatic rings. The Kier molecular flexibility index (Phi) is 5.92. The second kappa shape index (κ2) is 8.35. The number of nitrogens with one attached hydrogen (secondary N) is 1. The molecule has 3 rings (SSSR count). The van der Waals surface area contributed by atoms with Crippen molar-refractivity contribution in [1.29, 1.82) is 0 Å². The maximum Gasteiger partial charge on any atom is 0.261 e. The minimum absolute atomic E-state index is 0.232. The summed E-state index contributed by atoms with van der Waals surface area (Å²) in [5.41, 5.74) is 0.314. The van der Waals surface area contributed by atoms with Crippen molar-refractivity contribution in [3.8, 4) is 11.5 Å². The fraction of sp³-hybridized carbons (Fsp3) is 0.118. The molecule has 6 nitrogen and oxygen atoms in total. The molecule has 1 heterocycles. The monoisotopic (exact) mass is 409 g/mol. The van der Waals surface area contributed by atoms with Crippen LogP contribution in [0.15, 0.2) is 42.5 Å². The zero-order valence-electron chi connectivity index (χ0n) is 13.5. The van der Waals surface area contributed by atoms with Gasteiger partial charge in [-0.3, -0.25) is 10.1 Å². The molecule has 0 radical (unpaired) electrons. The fourth-order valence-corrected chi connectivity index (χ4v) is 3.01. The maximum atomic E-state index is 12.4. The van der Waals surface area contributed by atoms with Gasteiger partial charge in [-0.1, -0.05) is 34.5 Å². The van der Waals surface area contributed by atoms with Crippen LogP contribution in [-0.2, 0) is 6.61 Å². The second-order valence-electron chi connectivity index (χ2n) is 5.04. The number of carbonyl (C=O) groups is 1. The lowest BCUT2D eigenvalue weighted by Gasteiger charge is -2.07. The van der Waals surface area contributed by atoms with E-state index in [1.54, 1.807) is 36.4 Å². The number of hydrogen-bond donors (Lipinski definition) is 1. The molecule has 0 bridgehead atoms. The summed E-state index contributed by atoms with van der Waals surface area (Å²) in [6.45, 7) is 0.232. The summed E-state index contributed by atoms with van der Waals surface area (Å²) in [5.74, 6) is 0.701. The van der Waals surface area contributed by atoms with Gasteiger partial charge in [0.15, 0.2) is 5.01 Å². The van der Waals surface area contributed by atoms with Crippen LogP contribution >= 0.6 is 34.5 Å². The zero-order valence-corrected chi connectivity index (χ0v) is 15.9. The van der Waals surface area contributed by atoms with Gasteiger partial charge in [-0.05, 0) is 42.5 Å². The van der Waals surface area contributed by atoms with Crippen molar-refractivity contribution in [2.75, 3.05) is 12.4 Å². The Labute approximate surface area is 163 Å². The quantitative estimate of drug-likeness (QED) is 0.639. The summed E-state index contributed by atoms with van der Waals surface area (Å²) < 4.78 is 10.8. The molecular weight excluding hydrogens is 397 g/mol. The molecule has 1 amide bonds. The van der Waals surface area contributed by atoms with E-state index in [1.807, 2.05) is 0 Å². The SMILES string of the molecule is COc1ccc(Cl)cc1C(=O)Nc1nnc(COc2ccc(Cl)cc2)s1. The van der Waals surface area contributed by atoms with Gasteiger partial charge in [-0.2, -0.15) is 0 Å². The maximum absolute atomic E-state index is 12.4. The first kappa shape index (κ1) is 18.4. The summed E-state index contributed by atoms with van der Waals surface area (Å²) >= 11 is 13.0. The van der Waals surface area contributed by atoms with Crippen LogP contribution in [0, 0.1) is 0 Å². The molecule has 134 valence electrons. The summed E-state index contributed by atoms with van der Waals surface area (Å²) in [4.78, 5) is 12.4. The molecule has 9 heteroatoms. The smallest absolute Gasteiger partial charge is 0.261 e. The minimum Gasteiger partial charge on any atom is -0.496 e. The highest BCUT2D eigenvalue weighted by molar-refractivity contribution is 7.15. The third-order valence-corrected chi connectivity index (χ3v) is 4.57. The molecule has 0 saturated carbocycles. The zero-order chi connectivity index (χ0) is 18.5. The van der Waals surface area contributed by atoms with Crippen molar-refractivity contribution in [3.63, 3.8) is 0 Å². The predicted octanol–water partition coefficient (Wildman–Crippen LogP) is 4.68. The molecule has 0 fully saturated rings. The Morgan fingerprint density at radius 1 is 1.12 bits per heavy atom. The van der Waals surface area contributed by atoms with Crippen LogP contribution in [0.3, 0.4) is 0 Å². The van der Waals surface area contributed by atoms with E-state index in [9.17, 15) is 4.79 Å². The van der Waals surface area contributed by atoms with E-state index < -0.39 is 0 Å². The van der Waals surface area contributed by atoms with Gasteiger partial charge >= 0.3 is 0 Å². The third-order valence-electron chi connectivity index (χ3n) is 3.27. The van der Waals surface area contributed by atoms with Gasteiger partial charge < -0.3 is 9.47 Å². The molecule has 26 heavy (non-hydrogen) atoms. The van der Waals surface area contributed by atoms with Crippen LogP contribution in [0.2, 0.25) is 10.0 Å². The molecule has 0 aliphatic carbocycles.